The number of carbonyl (C=O) groups excluding carboxylic acids is 1. The molecule has 2 aromatic carbocycles. The van der Waals surface area contributed by atoms with E-state index < -0.39 is 24.6 Å². The molecule has 0 spiro atoms. The number of rotatable bonds is 8. The van der Waals surface area contributed by atoms with Gasteiger partial charge in [0, 0.05) is 47.0 Å². The number of hydrogen-bond acceptors (Lipinski definition) is 4. The SMILES string of the molecule is CC(C)n1c(C=CC(O)CC(O)CC(=O)[O-])c(-c2ccc(F)cc2)c2ccccc21.O.[Na+]. The largest absolute Gasteiger partial charge is 1.00 e. The molecule has 2 unspecified atom stereocenters. The Morgan fingerprint density at radius 1 is 1.12 bits per heavy atom. The van der Waals surface area contributed by atoms with Gasteiger partial charge in [-0.3, -0.25) is 0 Å². The second-order valence-corrected chi connectivity index (χ2v) is 7.64. The number of fused-ring (bicyclic) bond motifs is 1. The average molecular weight is 451 g/mol. The van der Waals surface area contributed by atoms with E-state index in [9.17, 15) is 24.5 Å². The predicted molar refractivity (Wildman–Crippen MR) is 117 cm³/mol. The van der Waals surface area contributed by atoms with Gasteiger partial charge in [-0.1, -0.05) is 36.4 Å². The van der Waals surface area contributed by atoms with Crippen molar-refractivity contribution in [1.29, 1.82) is 0 Å². The number of carboxylic acids is 1. The second kappa shape index (κ2) is 12.3. The Kier molecular flexibility index (Phi) is 10.8. The van der Waals surface area contributed by atoms with Gasteiger partial charge in [0.05, 0.1) is 12.2 Å². The average Bonchev–Trinajstić information content (AvgIpc) is 3.00. The smallest absolute Gasteiger partial charge is 0.550 e. The van der Waals surface area contributed by atoms with E-state index in [1.54, 1.807) is 24.3 Å². The van der Waals surface area contributed by atoms with E-state index in [1.807, 2.05) is 24.3 Å². The Morgan fingerprint density at radius 3 is 2.34 bits per heavy atom. The van der Waals surface area contributed by atoms with Crippen molar-refractivity contribution in [1.82, 2.24) is 4.57 Å². The third kappa shape index (κ3) is 6.51. The van der Waals surface area contributed by atoms with Crippen molar-refractivity contribution in [2.45, 2.75) is 44.9 Å². The van der Waals surface area contributed by atoms with Crippen LogP contribution in [0, 0.1) is 5.82 Å². The first-order valence-corrected chi connectivity index (χ1v) is 9.91. The number of aliphatic hydroxyl groups is 2. The molecule has 166 valence electrons. The molecule has 0 saturated heterocycles. The second-order valence-electron chi connectivity index (χ2n) is 7.64. The Bertz CT molecular complexity index is 1060. The van der Waals surface area contributed by atoms with Crippen LogP contribution < -0.4 is 34.7 Å². The zero-order chi connectivity index (χ0) is 21.8. The Balaban J connectivity index is 0.00000256. The van der Waals surface area contributed by atoms with Crippen LogP contribution in [-0.4, -0.2) is 38.4 Å². The minimum Gasteiger partial charge on any atom is -0.550 e. The van der Waals surface area contributed by atoms with E-state index >= 15 is 0 Å². The van der Waals surface area contributed by atoms with Gasteiger partial charge in [0.1, 0.15) is 5.82 Å². The van der Waals surface area contributed by atoms with E-state index in [4.69, 9.17) is 0 Å². The molecular weight excluding hydrogens is 424 g/mol. The maximum absolute atomic E-state index is 13.5. The van der Waals surface area contributed by atoms with Gasteiger partial charge in [-0.05, 0) is 43.7 Å². The number of aliphatic carboxylic acids is 1. The van der Waals surface area contributed by atoms with Crippen molar-refractivity contribution in [2.75, 3.05) is 0 Å². The molecule has 0 fully saturated rings. The summed E-state index contributed by atoms with van der Waals surface area (Å²) in [5, 5.41) is 31.6. The first-order chi connectivity index (χ1) is 14.3. The quantitative estimate of drug-likeness (QED) is 0.448. The van der Waals surface area contributed by atoms with E-state index in [2.05, 4.69) is 18.4 Å². The summed E-state index contributed by atoms with van der Waals surface area (Å²) in [5.74, 6) is -1.68. The molecule has 3 rings (SSSR count). The number of carboxylic acid groups (broad SMARTS) is 1. The summed E-state index contributed by atoms with van der Waals surface area (Å²) in [5.41, 5.74) is 3.61. The van der Waals surface area contributed by atoms with Crippen molar-refractivity contribution in [2.24, 2.45) is 0 Å². The standard InChI is InChI=1S/C24H26FNO4.Na.H2O/c1-15(2)26-21-6-4-3-5-20(21)24(16-7-9-17(25)10-8-16)22(26)12-11-18(27)13-19(28)14-23(29)30;;/h3-12,15,18-19,27-28H,13-14H2,1-2H3,(H,29,30);;1H2/q;+1;/p-1. The summed E-state index contributed by atoms with van der Waals surface area (Å²) < 4.78 is 15.6. The fraction of sp³-hybridized carbons (Fsp3) is 0.292. The molecule has 0 amide bonds. The first-order valence-electron chi connectivity index (χ1n) is 9.91. The number of aliphatic hydroxyl groups excluding tert-OH is 2. The molecule has 3 aromatic rings. The molecule has 32 heavy (non-hydrogen) atoms. The van der Waals surface area contributed by atoms with Gasteiger partial charge in [0.2, 0.25) is 0 Å². The van der Waals surface area contributed by atoms with E-state index in [1.165, 1.54) is 12.1 Å². The molecule has 4 N–H and O–H groups in total. The molecule has 0 radical (unpaired) electrons. The summed E-state index contributed by atoms with van der Waals surface area (Å²) >= 11 is 0. The monoisotopic (exact) mass is 451 g/mol. The van der Waals surface area contributed by atoms with Crippen LogP contribution in [0.3, 0.4) is 0 Å². The van der Waals surface area contributed by atoms with Crippen LogP contribution in [0.15, 0.2) is 54.6 Å². The van der Waals surface area contributed by atoms with Gasteiger partial charge in [-0.25, -0.2) is 4.39 Å². The molecule has 0 bridgehead atoms. The van der Waals surface area contributed by atoms with Crippen molar-refractivity contribution >= 4 is 22.9 Å². The number of halogens is 1. The number of aromatic nitrogens is 1. The molecule has 0 aliphatic carbocycles. The van der Waals surface area contributed by atoms with Crippen LogP contribution in [-0.2, 0) is 4.79 Å². The van der Waals surface area contributed by atoms with Crippen LogP contribution in [0.2, 0.25) is 0 Å². The van der Waals surface area contributed by atoms with Crippen molar-refractivity contribution in [3.8, 4) is 11.1 Å². The van der Waals surface area contributed by atoms with Gasteiger partial charge >= 0.3 is 29.6 Å². The summed E-state index contributed by atoms with van der Waals surface area (Å²) in [6.45, 7) is 4.11. The summed E-state index contributed by atoms with van der Waals surface area (Å²) in [6.07, 6.45) is 0.450. The molecule has 1 heterocycles. The molecule has 2 atom stereocenters. The first kappa shape index (κ1) is 28.0. The van der Waals surface area contributed by atoms with Crippen LogP contribution in [0.4, 0.5) is 4.39 Å². The minimum absolute atomic E-state index is 0. The number of para-hydroxylation sites is 1. The summed E-state index contributed by atoms with van der Waals surface area (Å²) in [7, 11) is 0. The van der Waals surface area contributed by atoms with Crippen LogP contribution >= 0.6 is 0 Å². The summed E-state index contributed by atoms with van der Waals surface area (Å²) in [4.78, 5) is 10.6. The van der Waals surface area contributed by atoms with E-state index in [-0.39, 0.29) is 53.3 Å². The van der Waals surface area contributed by atoms with Crippen molar-refractivity contribution in [3.63, 3.8) is 0 Å². The van der Waals surface area contributed by atoms with Crippen molar-refractivity contribution < 1.29 is 59.5 Å². The van der Waals surface area contributed by atoms with Gasteiger partial charge in [0.25, 0.3) is 0 Å². The molecular formula is C24H27FNNaO5. The predicted octanol–water partition coefficient (Wildman–Crippen LogP) is -0.527. The summed E-state index contributed by atoms with van der Waals surface area (Å²) in [6, 6.07) is 14.3. The van der Waals surface area contributed by atoms with Gasteiger partial charge in [-0.15, -0.1) is 0 Å². The molecule has 0 saturated carbocycles. The van der Waals surface area contributed by atoms with E-state index in [0.717, 1.165) is 27.7 Å². The fourth-order valence-electron chi connectivity index (χ4n) is 3.76. The minimum atomic E-state index is -1.36. The maximum atomic E-state index is 13.5. The van der Waals surface area contributed by atoms with Gasteiger partial charge < -0.3 is 30.2 Å². The third-order valence-corrected chi connectivity index (χ3v) is 4.99. The fourth-order valence-corrected chi connectivity index (χ4v) is 3.76. The number of hydrogen-bond donors (Lipinski definition) is 2. The molecule has 0 aliphatic heterocycles. The van der Waals surface area contributed by atoms with Crippen LogP contribution in [0.1, 0.15) is 38.4 Å². The maximum Gasteiger partial charge on any atom is 1.00 e. The van der Waals surface area contributed by atoms with Gasteiger partial charge in [-0.2, -0.15) is 0 Å². The number of benzene rings is 2. The molecule has 1 aromatic heterocycles. The number of carbonyl (C=O) groups is 1. The van der Waals surface area contributed by atoms with Crippen LogP contribution in [0.5, 0.6) is 0 Å². The zero-order valence-corrected chi connectivity index (χ0v) is 20.5. The topological polar surface area (TPSA) is 117 Å². The van der Waals surface area contributed by atoms with Gasteiger partial charge in [0.15, 0.2) is 0 Å². The Labute approximate surface area is 208 Å². The zero-order valence-electron chi connectivity index (χ0n) is 18.5. The van der Waals surface area contributed by atoms with Crippen LogP contribution in [0.25, 0.3) is 28.1 Å². The third-order valence-electron chi connectivity index (χ3n) is 4.99. The Hall–Kier alpha value is -2.00. The number of nitrogens with zero attached hydrogens (tertiary/aromatic N) is 1. The molecule has 6 nitrogen and oxygen atoms in total. The normalized spacial score (nSPS) is 13.1. The van der Waals surface area contributed by atoms with E-state index in [0.29, 0.717) is 0 Å². The van der Waals surface area contributed by atoms with Crippen molar-refractivity contribution in [3.05, 3.63) is 66.1 Å². The Morgan fingerprint density at radius 2 is 1.75 bits per heavy atom. The molecule has 0 aliphatic rings. The molecule has 8 heteroatoms.